The van der Waals surface area contributed by atoms with Gasteiger partial charge in [0, 0.05) is 49.1 Å². The van der Waals surface area contributed by atoms with E-state index in [0.717, 1.165) is 53.6 Å². The Morgan fingerprint density at radius 3 is 2.80 bits per heavy atom. The Hall–Kier alpha value is -2.58. The minimum Gasteiger partial charge on any atom is -0.381 e. The summed E-state index contributed by atoms with van der Waals surface area (Å²) < 4.78 is 7.38. The molecule has 1 N–H and O–H groups in total. The summed E-state index contributed by atoms with van der Waals surface area (Å²) in [5.41, 5.74) is 3.85. The van der Waals surface area contributed by atoms with Crippen molar-refractivity contribution >= 4 is 17.2 Å². The van der Waals surface area contributed by atoms with Crippen LogP contribution in [0.1, 0.15) is 38.4 Å². The fourth-order valence-electron chi connectivity index (χ4n) is 3.66. The van der Waals surface area contributed by atoms with Crippen LogP contribution < -0.4 is 5.32 Å². The fraction of sp³-hybridized carbons (Fsp3) is 0.455. The zero-order valence-corrected chi connectivity index (χ0v) is 18.2. The molecule has 0 radical (unpaired) electrons. The zero-order chi connectivity index (χ0) is 20.9. The maximum atomic E-state index is 12.4. The van der Waals surface area contributed by atoms with E-state index in [0.29, 0.717) is 18.9 Å². The van der Waals surface area contributed by atoms with Crippen LogP contribution in [0.3, 0.4) is 0 Å². The Balaban J connectivity index is 1.48. The van der Waals surface area contributed by atoms with Crippen LogP contribution in [0.5, 0.6) is 0 Å². The van der Waals surface area contributed by atoms with Gasteiger partial charge in [-0.15, -0.1) is 11.3 Å². The average molecular weight is 426 g/mol. The normalized spacial score (nSPS) is 14.9. The lowest BCUT2D eigenvalue weighted by Gasteiger charge is -2.22. The highest BCUT2D eigenvalue weighted by molar-refractivity contribution is 7.13. The standard InChI is InChI=1S/C22H27N5O2S/c1-15(2)27-21(17-3-7-23-8-4-17)19(13-25-27)22-26-18(14-30-22)11-20(28)24-12-16-5-9-29-10-6-16/h3-4,7-8,13-16H,5-6,9-12H2,1-2H3,(H,24,28). The van der Waals surface area contributed by atoms with Gasteiger partial charge >= 0.3 is 0 Å². The number of hydrogen-bond acceptors (Lipinski definition) is 6. The zero-order valence-electron chi connectivity index (χ0n) is 17.4. The molecule has 1 amide bonds. The van der Waals surface area contributed by atoms with Gasteiger partial charge in [-0.05, 0) is 44.7 Å². The number of amides is 1. The largest absolute Gasteiger partial charge is 0.381 e. The molecule has 4 heterocycles. The molecule has 158 valence electrons. The molecule has 1 aliphatic rings. The quantitative estimate of drug-likeness (QED) is 0.624. The molecule has 0 saturated carbocycles. The monoisotopic (exact) mass is 425 g/mol. The van der Waals surface area contributed by atoms with E-state index in [1.807, 2.05) is 28.4 Å². The second kappa shape index (κ2) is 9.49. The third-order valence-electron chi connectivity index (χ3n) is 5.29. The molecule has 0 aromatic carbocycles. The highest BCUT2D eigenvalue weighted by Crippen LogP contribution is 2.35. The number of nitrogens with zero attached hydrogens (tertiary/aromatic N) is 4. The first-order chi connectivity index (χ1) is 14.6. The summed E-state index contributed by atoms with van der Waals surface area (Å²) >= 11 is 1.55. The van der Waals surface area contributed by atoms with Gasteiger partial charge in [-0.2, -0.15) is 5.10 Å². The van der Waals surface area contributed by atoms with Crippen molar-refractivity contribution in [3.63, 3.8) is 0 Å². The van der Waals surface area contributed by atoms with Crippen molar-refractivity contribution in [3.05, 3.63) is 41.8 Å². The van der Waals surface area contributed by atoms with Crippen molar-refractivity contribution in [1.82, 2.24) is 25.1 Å². The van der Waals surface area contributed by atoms with E-state index in [1.165, 1.54) is 0 Å². The number of hydrogen-bond donors (Lipinski definition) is 1. The predicted octanol–water partition coefficient (Wildman–Crippen LogP) is 3.73. The first kappa shape index (κ1) is 20.7. The van der Waals surface area contributed by atoms with E-state index in [4.69, 9.17) is 9.72 Å². The summed E-state index contributed by atoms with van der Waals surface area (Å²) in [5.74, 6) is 0.532. The Morgan fingerprint density at radius 2 is 2.07 bits per heavy atom. The second-order valence-electron chi connectivity index (χ2n) is 7.86. The van der Waals surface area contributed by atoms with Crippen LogP contribution in [-0.4, -0.2) is 45.4 Å². The molecule has 0 atom stereocenters. The molecule has 1 saturated heterocycles. The number of thiazole rings is 1. The van der Waals surface area contributed by atoms with Crippen molar-refractivity contribution in [2.45, 2.75) is 39.2 Å². The number of pyridine rings is 1. The molecule has 0 bridgehead atoms. The van der Waals surface area contributed by atoms with Crippen LogP contribution in [-0.2, 0) is 16.0 Å². The number of carbonyl (C=O) groups is 1. The van der Waals surface area contributed by atoms with E-state index in [-0.39, 0.29) is 11.9 Å². The molecule has 7 nitrogen and oxygen atoms in total. The van der Waals surface area contributed by atoms with Gasteiger partial charge in [0.15, 0.2) is 0 Å². The minimum absolute atomic E-state index is 0.0191. The van der Waals surface area contributed by atoms with E-state index < -0.39 is 0 Å². The van der Waals surface area contributed by atoms with E-state index in [1.54, 1.807) is 23.7 Å². The van der Waals surface area contributed by atoms with Gasteiger partial charge in [0.1, 0.15) is 5.01 Å². The first-order valence-corrected chi connectivity index (χ1v) is 11.3. The van der Waals surface area contributed by atoms with Crippen LogP contribution in [0.25, 0.3) is 21.8 Å². The predicted molar refractivity (Wildman–Crippen MR) is 117 cm³/mol. The first-order valence-electron chi connectivity index (χ1n) is 10.4. The van der Waals surface area contributed by atoms with Gasteiger partial charge < -0.3 is 10.1 Å². The van der Waals surface area contributed by atoms with Crippen molar-refractivity contribution < 1.29 is 9.53 Å². The minimum atomic E-state index is 0.0191. The van der Waals surface area contributed by atoms with Crippen LogP contribution in [0.4, 0.5) is 0 Å². The van der Waals surface area contributed by atoms with Crippen molar-refractivity contribution in [3.8, 4) is 21.8 Å². The summed E-state index contributed by atoms with van der Waals surface area (Å²) in [6.45, 7) is 6.52. The Morgan fingerprint density at radius 1 is 1.30 bits per heavy atom. The third kappa shape index (κ3) is 4.76. The van der Waals surface area contributed by atoms with Crippen molar-refractivity contribution in [1.29, 1.82) is 0 Å². The van der Waals surface area contributed by atoms with Crippen molar-refractivity contribution in [2.24, 2.45) is 5.92 Å². The molecule has 3 aromatic heterocycles. The number of carbonyl (C=O) groups excluding carboxylic acids is 1. The molecule has 4 rings (SSSR count). The van der Waals surface area contributed by atoms with Gasteiger partial charge in [-0.25, -0.2) is 4.98 Å². The van der Waals surface area contributed by atoms with E-state index in [2.05, 4.69) is 29.2 Å². The number of ether oxygens (including phenoxy) is 1. The van der Waals surface area contributed by atoms with E-state index >= 15 is 0 Å². The number of nitrogens with one attached hydrogen (secondary N) is 1. The maximum Gasteiger partial charge on any atom is 0.226 e. The molecular formula is C22H27N5O2S. The lowest BCUT2D eigenvalue weighted by atomic mass is 10.0. The van der Waals surface area contributed by atoms with Crippen LogP contribution in [0, 0.1) is 5.92 Å². The Kier molecular flexibility index (Phi) is 6.54. The average Bonchev–Trinajstić information content (AvgIpc) is 3.40. The summed E-state index contributed by atoms with van der Waals surface area (Å²) in [6.07, 6.45) is 7.75. The topological polar surface area (TPSA) is 81.9 Å². The van der Waals surface area contributed by atoms with Gasteiger partial charge in [0.25, 0.3) is 0 Å². The summed E-state index contributed by atoms with van der Waals surface area (Å²) in [7, 11) is 0. The summed E-state index contributed by atoms with van der Waals surface area (Å²) in [4.78, 5) is 21.3. The smallest absolute Gasteiger partial charge is 0.226 e. The Bertz CT molecular complexity index is 977. The SMILES string of the molecule is CC(C)n1ncc(-c2nc(CC(=O)NCC3CCOCC3)cs2)c1-c1ccncc1. The van der Waals surface area contributed by atoms with Crippen LogP contribution in [0.15, 0.2) is 36.1 Å². The second-order valence-corrected chi connectivity index (χ2v) is 8.72. The van der Waals surface area contributed by atoms with Gasteiger partial charge in [0.05, 0.1) is 29.6 Å². The van der Waals surface area contributed by atoms with Gasteiger partial charge in [-0.3, -0.25) is 14.5 Å². The third-order valence-corrected chi connectivity index (χ3v) is 6.22. The lowest BCUT2D eigenvalue weighted by molar-refractivity contribution is -0.120. The molecule has 3 aromatic rings. The highest BCUT2D eigenvalue weighted by atomic mass is 32.1. The maximum absolute atomic E-state index is 12.4. The van der Waals surface area contributed by atoms with Crippen molar-refractivity contribution in [2.75, 3.05) is 19.8 Å². The lowest BCUT2D eigenvalue weighted by Crippen LogP contribution is -2.33. The van der Waals surface area contributed by atoms with Crippen LogP contribution in [0.2, 0.25) is 0 Å². The van der Waals surface area contributed by atoms with E-state index in [9.17, 15) is 4.79 Å². The highest BCUT2D eigenvalue weighted by Gasteiger charge is 2.20. The molecule has 1 aliphatic heterocycles. The molecule has 0 spiro atoms. The van der Waals surface area contributed by atoms with Gasteiger partial charge in [0.2, 0.25) is 5.91 Å². The molecule has 8 heteroatoms. The van der Waals surface area contributed by atoms with Gasteiger partial charge in [-0.1, -0.05) is 0 Å². The number of rotatable bonds is 7. The molecule has 30 heavy (non-hydrogen) atoms. The Labute approximate surface area is 180 Å². The summed E-state index contributed by atoms with van der Waals surface area (Å²) in [6, 6.07) is 4.19. The summed E-state index contributed by atoms with van der Waals surface area (Å²) in [5, 5.41) is 10.5. The van der Waals surface area contributed by atoms with Crippen LogP contribution >= 0.6 is 11.3 Å². The fourth-order valence-corrected chi connectivity index (χ4v) is 4.49. The number of aromatic nitrogens is 4. The molecular weight excluding hydrogens is 398 g/mol. The molecule has 0 aliphatic carbocycles. The molecule has 0 unspecified atom stereocenters. The molecule has 1 fully saturated rings.